The molecule has 0 heterocycles. The van der Waals surface area contributed by atoms with E-state index in [0.717, 1.165) is 23.7 Å². The molecule has 15 heavy (non-hydrogen) atoms. The maximum Gasteiger partial charge on any atom is 0.306 e. The number of hydrogen-bond acceptors (Lipinski definition) is 1. The summed E-state index contributed by atoms with van der Waals surface area (Å²) in [6.07, 6.45) is 2.77. The standard InChI is InChI=1S/C12H13BrO2/c13-10-3-1-2-8(7-10)6-9-4-5-11(9)12(14)15/h1-3,7,9,11H,4-6H2,(H,14,15). The van der Waals surface area contributed by atoms with Crippen molar-refractivity contribution in [2.24, 2.45) is 11.8 Å². The molecule has 2 rings (SSSR count). The van der Waals surface area contributed by atoms with Gasteiger partial charge in [-0.15, -0.1) is 0 Å². The smallest absolute Gasteiger partial charge is 0.306 e. The molecule has 1 saturated carbocycles. The van der Waals surface area contributed by atoms with Crippen LogP contribution in [0.25, 0.3) is 0 Å². The normalized spacial score (nSPS) is 24.6. The molecule has 1 aliphatic rings. The van der Waals surface area contributed by atoms with Crippen LogP contribution in [-0.4, -0.2) is 11.1 Å². The van der Waals surface area contributed by atoms with Crippen molar-refractivity contribution in [3.63, 3.8) is 0 Å². The Balaban J connectivity index is 2.00. The highest BCUT2D eigenvalue weighted by molar-refractivity contribution is 9.10. The molecule has 1 fully saturated rings. The molecule has 0 bridgehead atoms. The summed E-state index contributed by atoms with van der Waals surface area (Å²) >= 11 is 3.42. The highest BCUT2D eigenvalue weighted by Gasteiger charge is 2.36. The first-order chi connectivity index (χ1) is 7.16. The number of hydrogen-bond donors (Lipinski definition) is 1. The highest BCUT2D eigenvalue weighted by Crippen LogP contribution is 2.37. The van der Waals surface area contributed by atoms with Crippen LogP contribution < -0.4 is 0 Å². The van der Waals surface area contributed by atoms with Crippen LogP contribution in [0.3, 0.4) is 0 Å². The summed E-state index contributed by atoms with van der Waals surface area (Å²) in [7, 11) is 0. The minimum atomic E-state index is -0.638. The van der Waals surface area contributed by atoms with E-state index in [1.54, 1.807) is 0 Å². The molecule has 2 atom stereocenters. The van der Waals surface area contributed by atoms with Crippen molar-refractivity contribution in [3.8, 4) is 0 Å². The Bertz CT molecular complexity index is 376. The fourth-order valence-electron chi connectivity index (χ4n) is 2.11. The molecule has 80 valence electrons. The Morgan fingerprint density at radius 1 is 1.47 bits per heavy atom. The highest BCUT2D eigenvalue weighted by atomic mass is 79.9. The zero-order chi connectivity index (χ0) is 10.8. The number of halogens is 1. The second kappa shape index (κ2) is 4.35. The number of benzene rings is 1. The average Bonchev–Trinajstić information content (AvgIpc) is 2.11. The number of carboxylic acids is 1. The third-order valence-corrected chi connectivity index (χ3v) is 3.61. The number of aliphatic carboxylic acids is 1. The Hall–Kier alpha value is -0.830. The maximum absolute atomic E-state index is 10.8. The van der Waals surface area contributed by atoms with Gasteiger partial charge in [0, 0.05) is 4.47 Å². The molecule has 0 aliphatic heterocycles. The zero-order valence-electron chi connectivity index (χ0n) is 8.32. The van der Waals surface area contributed by atoms with E-state index >= 15 is 0 Å². The van der Waals surface area contributed by atoms with E-state index in [-0.39, 0.29) is 5.92 Å². The van der Waals surface area contributed by atoms with Gasteiger partial charge in [0.25, 0.3) is 0 Å². The fourth-order valence-corrected chi connectivity index (χ4v) is 2.55. The summed E-state index contributed by atoms with van der Waals surface area (Å²) in [4.78, 5) is 10.8. The minimum Gasteiger partial charge on any atom is -0.481 e. The van der Waals surface area contributed by atoms with Crippen molar-refractivity contribution in [1.29, 1.82) is 0 Å². The van der Waals surface area contributed by atoms with Gasteiger partial charge in [0.05, 0.1) is 5.92 Å². The first-order valence-corrected chi connectivity index (χ1v) is 5.93. The number of carbonyl (C=O) groups is 1. The van der Waals surface area contributed by atoms with Crippen LogP contribution in [0.2, 0.25) is 0 Å². The predicted molar refractivity (Wildman–Crippen MR) is 61.7 cm³/mol. The van der Waals surface area contributed by atoms with Crippen molar-refractivity contribution in [1.82, 2.24) is 0 Å². The van der Waals surface area contributed by atoms with Crippen LogP contribution in [0, 0.1) is 11.8 Å². The van der Waals surface area contributed by atoms with Crippen LogP contribution in [0.5, 0.6) is 0 Å². The summed E-state index contributed by atoms with van der Waals surface area (Å²) in [5, 5.41) is 8.93. The number of carboxylic acid groups (broad SMARTS) is 1. The minimum absolute atomic E-state index is 0.121. The van der Waals surface area contributed by atoms with E-state index in [0.29, 0.717) is 5.92 Å². The van der Waals surface area contributed by atoms with Crippen LogP contribution in [0.15, 0.2) is 28.7 Å². The Morgan fingerprint density at radius 3 is 2.80 bits per heavy atom. The Labute approximate surface area is 97.4 Å². The monoisotopic (exact) mass is 268 g/mol. The van der Waals surface area contributed by atoms with Crippen molar-refractivity contribution in [2.75, 3.05) is 0 Å². The van der Waals surface area contributed by atoms with Crippen molar-refractivity contribution >= 4 is 21.9 Å². The molecule has 0 saturated heterocycles. The lowest BCUT2D eigenvalue weighted by Gasteiger charge is -2.33. The summed E-state index contributed by atoms with van der Waals surface area (Å²) in [5.74, 6) is -0.429. The van der Waals surface area contributed by atoms with Gasteiger partial charge in [-0.25, -0.2) is 0 Å². The molecule has 0 amide bonds. The van der Waals surface area contributed by atoms with E-state index < -0.39 is 5.97 Å². The molecule has 0 radical (unpaired) electrons. The molecular formula is C12H13BrO2. The molecule has 2 unspecified atom stereocenters. The van der Waals surface area contributed by atoms with Gasteiger partial charge in [0.2, 0.25) is 0 Å². The number of rotatable bonds is 3. The van der Waals surface area contributed by atoms with Crippen LogP contribution in [0.4, 0.5) is 0 Å². The van der Waals surface area contributed by atoms with Gasteiger partial charge in [-0.1, -0.05) is 28.1 Å². The molecule has 0 aromatic heterocycles. The molecule has 0 spiro atoms. The Morgan fingerprint density at radius 2 is 2.27 bits per heavy atom. The average molecular weight is 269 g/mol. The lowest BCUT2D eigenvalue weighted by molar-refractivity contribution is -0.147. The predicted octanol–water partition coefficient (Wildman–Crippen LogP) is 3.10. The molecular weight excluding hydrogens is 256 g/mol. The van der Waals surface area contributed by atoms with E-state index in [2.05, 4.69) is 28.1 Å². The molecule has 3 heteroatoms. The largest absolute Gasteiger partial charge is 0.481 e. The third-order valence-electron chi connectivity index (χ3n) is 3.12. The van der Waals surface area contributed by atoms with Crippen LogP contribution in [-0.2, 0) is 11.2 Å². The van der Waals surface area contributed by atoms with Gasteiger partial charge in [-0.05, 0) is 42.9 Å². The van der Waals surface area contributed by atoms with Gasteiger partial charge in [0.15, 0.2) is 0 Å². The van der Waals surface area contributed by atoms with Crippen LogP contribution >= 0.6 is 15.9 Å². The molecule has 1 N–H and O–H groups in total. The summed E-state index contributed by atoms with van der Waals surface area (Å²) in [5.41, 5.74) is 1.22. The summed E-state index contributed by atoms with van der Waals surface area (Å²) in [6.45, 7) is 0. The molecule has 1 aromatic rings. The van der Waals surface area contributed by atoms with E-state index in [1.165, 1.54) is 5.56 Å². The van der Waals surface area contributed by atoms with Gasteiger partial charge in [-0.3, -0.25) is 4.79 Å². The van der Waals surface area contributed by atoms with Gasteiger partial charge < -0.3 is 5.11 Å². The first kappa shape index (κ1) is 10.7. The van der Waals surface area contributed by atoms with E-state index in [4.69, 9.17) is 5.11 Å². The third kappa shape index (κ3) is 2.40. The first-order valence-electron chi connectivity index (χ1n) is 5.14. The van der Waals surface area contributed by atoms with Gasteiger partial charge in [0.1, 0.15) is 0 Å². The molecule has 1 aliphatic carbocycles. The quantitative estimate of drug-likeness (QED) is 0.915. The van der Waals surface area contributed by atoms with Gasteiger partial charge >= 0.3 is 5.97 Å². The van der Waals surface area contributed by atoms with Crippen molar-refractivity contribution < 1.29 is 9.90 Å². The van der Waals surface area contributed by atoms with E-state index in [9.17, 15) is 4.79 Å². The van der Waals surface area contributed by atoms with Crippen molar-refractivity contribution in [2.45, 2.75) is 19.3 Å². The lowest BCUT2D eigenvalue weighted by atomic mass is 9.71. The topological polar surface area (TPSA) is 37.3 Å². The van der Waals surface area contributed by atoms with E-state index in [1.807, 2.05) is 12.1 Å². The van der Waals surface area contributed by atoms with Gasteiger partial charge in [-0.2, -0.15) is 0 Å². The SMILES string of the molecule is O=C(O)C1CCC1Cc1cccc(Br)c1. The second-order valence-corrected chi connectivity index (χ2v) is 5.03. The second-order valence-electron chi connectivity index (χ2n) is 4.12. The summed E-state index contributed by atoms with van der Waals surface area (Å²) < 4.78 is 1.06. The zero-order valence-corrected chi connectivity index (χ0v) is 9.90. The maximum atomic E-state index is 10.8. The van der Waals surface area contributed by atoms with Crippen molar-refractivity contribution in [3.05, 3.63) is 34.3 Å². The molecule has 2 nitrogen and oxygen atoms in total. The summed E-state index contributed by atoms with van der Waals surface area (Å²) in [6, 6.07) is 8.10. The molecule has 1 aromatic carbocycles. The fraction of sp³-hybridized carbons (Fsp3) is 0.417. The van der Waals surface area contributed by atoms with Crippen LogP contribution in [0.1, 0.15) is 18.4 Å². The lowest BCUT2D eigenvalue weighted by Crippen LogP contribution is -2.34. The Kier molecular flexibility index (Phi) is 3.10.